The van der Waals surface area contributed by atoms with Gasteiger partial charge in [-0.2, -0.15) is 0 Å². The minimum absolute atomic E-state index is 0.162. The number of benzene rings is 2. The van der Waals surface area contributed by atoms with E-state index in [0.717, 1.165) is 17.7 Å². The normalized spacial score (nSPS) is 11.0. The Labute approximate surface area is 138 Å². The maximum Gasteiger partial charge on any atom is 0.324 e. The number of aryl methyl sites for hydroxylation is 1. The summed E-state index contributed by atoms with van der Waals surface area (Å²) in [7, 11) is -4.27. The summed E-state index contributed by atoms with van der Waals surface area (Å²) < 4.78 is 26.2. The van der Waals surface area contributed by atoms with Gasteiger partial charge in [-0.1, -0.05) is 23.8 Å². The van der Waals surface area contributed by atoms with E-state index in [1.807, 2.05) is 0 Å². The van der Waals surface area contributed by atoms with Crippen molar-refractivity contribution in [2.24, 2.45) is 0 Å². The Morgan fingerprint density at radius 1 is 1.21 bits per heavy atom. The van der Waals surface area contributed by atoms with Gasteiger partial charge in [0.1, 0.15) is 6.54 Å². The second-order valence-electron chi connectivity index (χ2n) is 5.00. The van der Waals surface area contributed by atoms with Gasteiger partial charge in [0.15, 0.2) is 0 Å². The van der Waals surface area contributed by atoms with E-state index in [-0.39, 0.29) is 10.6 Å². The van der Waals surface area contributed by atoms with Crippen molar-refractivity contribution in [3.8, 4) is 0 Å². The predicted octanol–water partition coefficient (Wildman–Crippen LogP) is 2.18. The largest absolute Gasteiger partial charge is 0.480 e. The highest BCUT2D eigenvalue weighted by Gasteiger charge is 2.28. The van der Waals surface area contributed by atoms with Gasteiger partial charge in [0.25, 0.3) is 15.7 Å². The average Bonchev–Trinajstić information content (AvgIpc) is 2.53. The van der Waals surface area contributed by atoms with Crippen molar-refractivity contribution in [2.45, 2.75) is 11.8 Å². The molecule has 8 nitrogen and oxygen atoms in total. The fourth-order valence-electron chi connectivity index (χ4n) is 2.03. The third-order valence-electron chi connectivity index (χ3n) is 3.22. The third kappa shape index (κ3) is 3.69. The molecule has 0 aliphatic carbocycles. The molecule has 0 fully saturated rings. The maximum absolute atomic E-state index is 12.8. The van der Waals surface area contributed by atoms with E-state index >= 15 is 0 Å². The number of nitro benzene ring substituents is 1. The van der Waals surface area contributed by atoms with Crippen LogP contribution < -0.4 is 4.31 Å². The molecule has 9 heteroatoms. The van der Waals surface area contributed by atoms with Crippen LogP contribution in [0, 0.1) is 17.0 Å². The average molecular weight is 350 g/mol. The van der Waals surface area contributed by atoms with Crippen molar-refractivity contribution in [2.75, 3.05) is 10.8 Å². The van der Waals surface area contributed by atoms with E-state index in [9.17, 15) is 23.3 Å². The number of anilines is 1. The molecule has 1 N–H and O–H groups in total. The Bertz CT molecular complexity index is 877. The molecule has 24 heavy (non-hydrogen) atoms. The molecule has 0 aliphatic heterocycles. The molecule has 0 aliphatic rings. The van der Waals surface area contributed by atoms with Crippen LogP contribution in [0.4, 0.5) is 11.4 Å². The number of hydrogen-bond acceptors (Lipinski definition) is 5. The molecular weight excluding hydrogens is 336 g/mol. The number of sulfonamides is 1. The van der Waals surface area contributed by atoms with Crippen LogP contribution in [0.1, 0.15) is 5.56 Å². The number of hydrogen-bond donors (Lipinski definition) is 1. The zero-order valence-electron chi connectivity index (χ0n) is 12.6. The lowest BCUT2D eigenvalue weighted by molar-refractivity contribution is -0.385. The first kappa shape index (κ1) is 17.4. The second kappa shape index (κ2) is 6.67. The Balaban J connectivity index is 2.55. The summed E-state index contributed by atoms with van der Waals surface area (Å²) in [6.45, 7) is 1.01. The van der Waals surface area contributed by atoms with Crippen LogP contribution in [0.3, 0.4) is 0 Å². The fraction of sp³-hybridized carbons (Fsp3) is 0.133. The van der Waals surface area contributed by atoms with Crippen LogP contribution in [-0.4, -0.2) is 31.0 Å². The second-order valence-corrected chi connectivity index (χ2v) is 6.86. The number of aliphatic carboxylic acids is 1. The summed E-state index contributed by atoms with van der Waals surface area (Å²) >= 11 is 0. The van der Waals surface area contributed by atoms with Crippen molar-refractivity contribution >= 4 is 27.4 Å². The molecule has 0 unspecified atom stereocenters. The van der Waals surface area contributed by atoms with E-state index in [1.165, 1.54) is 24.3 Å². The van der Waals surface area contributed by atoms with Crippen molar-refractivity contribution < 1.29 is 23.2 Å². The van der Waals surface area contributed by atoms with Gasteiger partial charge < -0.3 is 5.11 Å². The first-order valence-electron chi connectivity index (χ1n) is 6.77. The van der Waals surface area contributed by atoms with Crippen LogP contribution in [0.2, 0.25) is 0 Å². The molecule has 0 radical (unpaired) electrons. The van der Waals surface area contributed by atoms with Crippen molar-refractivity contribution in [1.82, 2.24) is 0 Å². The van der Waals surface area contributed by atoms with Gasteiger partial charge in [0.2, 0.25) is 0 Å². The molecule has 0 heterocycles. The quantitative estimate of drug-likeness (QED) is 0.630. The Morgan fingerprint density at radius 2 is 1.83 bits per heavy atom. The molecule has 0 amide bonds. The highest BCUT2D eigenvalue weighted by Crippen LogP contribution is 2.26. The minimum atomic E-state index is -4.27. The monoisotopic (exact) mass is 350 g/mol. The lowest BCUT2D eigenvalue weighted by atomic mass is 10.2. The number of nitrogens with zero attached hydrogens (tertiary/aromatic N) is 2. The number of non-ortho nitro benzene ring substituents is 1. The van der Waals surface area contributed by atoms with Gasteiger partial charge in [-0.3, -0.25) is 19.2 Å². The van der Waals surface area contributed by atoms with Crippen molar-refractivity contribution in [3.63, 3.8) is 0 Å². The fourth-order valence-corrected chi connectivity index (χ4v) is 3.49. The van der Waals surface area contributed by atoms with Crippen molar-refractivity contribution in [1.29, 1.82) is 0 Å². The van der Waals surface area contributed by atoms with E-state index < -0.39 is 33.1 Å². The molecule has 0 atom stereocenters. The molecule has 0 saturated carbocycles. The first-order chi connectivity index (χ1) is 11.2. The van der Waals surface area contributed by atoms with Gasteiger partial charge >= 0.3 is 5.97 Å². The van der Waals surface area contributed by atoms with Crippen LogP contribution in [0.5, 0.6) is 0 Å². The molecule has 0 aromatic heterocycles. The molecule has 0 spiro atoms. The van der Waals surface area contributed by atoms with Crippen LogP contribution in [0.15, 0.2) is 53.4 Å². The van der Waals surface area contributed by atoms with Crippen LogP contribution in [-0.2, 0) is 14.8 Å². The van der Waals surface area contributed by atoms with Crippen LogP contribution in [0.25, 0.3) is 0 Å². The van der Waals surface area contributed by atoms with E-state index in [2.05, 4.69) is 0 Å². The molecule has 2 rings (SSSR count). The lowest BCUT2D eigenvalue weighted by Crippen LogP contribution is -2.35. The summed E-state index contributed by atoms with van der Waals surface area (Å²) in [4.78, 5) is 20.9. The predicted molar refractivity (Wildman–Crippen MR) is 86.4 cm³/mol. The zero-order valence-corrected chi connectivity index (χ0v) is 13.4. The minimum Gasteiger partial charge on any atom is -0.480 e. The lowest BCUT2D eigenvalue weighted by Gasteiger charge is -2.22. The molecule has 2 aromatic carbocycles. The molecule has 0 saturated heterocycles. The Morgan fingerprint density at radius 3 is 2.38 bits per heavy atom. The Hall–Kier alpha value is -2.94. The van der Waals surface area contributed by atoms with Gasteiger partial charge in [0, 0.05) is 12.1 Å². The Kier molecular flexibility index (Phi) is 4.84. The van der Waals surface area contributed by atoms with Crippen molar-refractivity contribution in [3.05, 3.63) is 64.2 Å². The van der Waals surface area contributed by atoms with Gasteiger partial charge in [-0.05, 0) is 25.1 Å². The number of nitro groups is 1. The van der Waals surface area contributed by atoms with E-state index in [1.54, 1.807) is 19.1 Å². The highest BCUT2D eigenvalue weighted by molar-refractivity contribution is 7.92. The smallest absolute Gasteiger partial charge is 0.324 e. The molecule has 126 valence electrons. The van der Waals surface area contributed by atoms with Gasteiger partial charge in [0.05, 0.1) is 15.5 Å². The SMILES string of the molecule is Cc1ccc(N(CC(=O)O)S(=O)(=O)c2cccc([N+](=O)[O-])c2)cc1. The summed E-state index contributed by atoms with van der Waals surface area (Å²) in [6, 6.07) is 10.7. The highest BCUT2D eigenvalue weighted by atomic mass is 32.2. The zero-order chi connectivity index (χ0) is 17.9. The van der Waals surface area contributed by atoms with E-state index in [0.29, 0.717) is 4.31 Å². The number of rotatable bonds is 6. The van der Waals surface area contributed by atoms with E-state index in [4.69, 9.17) is 5.11 Å². The van der Waals surface area contributed by atoms with Gasteiger partial charge in [-0.25, -0.2) is 8.42 Å². The maximum atomic E-state index is 12.8. The topological polar surface area (TPSA) is 118 Å². The van der Waals surface area contributed by atoms with Gasteiger partial charge in [-0.15, -0.1) is 0 Å². The standard InChI is InChI=1S/C15H14N2O6S/c1-11-5-7-12(8-6-11)16(10-15(18)19)24(22,23)14-4-2-3-13(9-14)17(20)21/h2-9H,10H2,1H3,(H,18,19). The molecule has 0 bridgehead atoms. The number of carboxylic acid groups (broad SMARTS) is 1. The summed E-state index contributed by atoms with van der Waals surface area (Å²) in [5.74, 6) is -1.34. The summed E-state index contributed by atoms with van der Waals surface area (Å²) in [5, 5.41) is 19.9. The number of carbonyl (C=O) groups is 1. The third-order valence-corrected chi connectivity index (χ3v) is 4.99. The molecule has 2 aromatic rings. The summed E-state index contributed by atoms with van der Waals surface area (Å²) in [6.07, 6.45) is 0. The summed E-state index contributed by atoms with van der Waals surface area (Å²) in [5.41, 5.74) is 0.645. The number of carboxylic acids is 1. The van der Waals surface area contributed by atoms with Crippen LogP contribution >= 0.6 is 0 Å². The first-order valence-corrected chi connectivity index (χ1v) is 8.21. The molecular formula is C15H14N2O6S.